The van der Waals surface area contributed by atoms with E-state index >= 15 is 0 Å². The summed E-state index contributed by atoms with van der Waals surface area (Å²) in [7, 11) is 1.66. The maximum atomic E-state index is 11.8. The Hall–Kier alpha value is -1.27. The maximum Gasteiger partial charge on any atom is 0.340 e. The molecule has 0 saturated heterocycles. The largest absolute Gasteiger partial charge is 0.462 e. The summed E-state index contributed by atoms with van der Waals surface area (Å²) < 4.78 is 9.95. The molecule has 0 aliphatic rings. The molecule has 100 valence electrons. The molecule has 5 nitrogen and oxygen atoms in total. The van der Waals surface area contributed by atoms with Gasteiger partial charge < -0.3 is 15.2 Å². The number of anilines is 1. The van der Waals surface area contributed by atoms with E-state index in [1.54, 1.807) is 26.3 Å². The average molecular weight is 270 g/mol. The van der Waals surface area contributed by atoms with Crippen molar-refractivity contribution in [2.24, 2.45) is 0 Å². The van der Waals surface area contributed by atoms with E-state index in [4.69, 9.17) is 15.2 Å². The van der Waals surface area contributed by atoms with Crippen LogP contribution in [0.1, 0.15) is 23.7 Å². The molecular weight excluding hydrogens is 252 g/mol. The smallest absolute Gasteiger partial charge is 0.340 e. The fraction of sp³-hybridized carbons (Fsp3) is 0.500. The van der Waals surface area contributed by atoms with Crippen molar-refractivity contribution < 1.29 is 14.3 Å². The van der Waals surface area contributed by atoms with Crippen LogP contribution in [0, 0.1) is 0 Å². The van der Waals surface area contributed by atoms with E-state index in [0.29, 0.717) is 29.5 Å². The van der Waals surface area contributed by atoms with Crippen LogP contribution >= 0.6 is 11.8 Å². The minimum atomic E-state index is -0.383. The second-order valence-corrected chi connectivity index (χ2v) is 4.62. The van der Waals surface area contributed by atoms with Crippen LogP contribution in [0.2, 0.25) is 0 Å². The fourth-order valence-electron chi connectivity index (χ4n) is 1.31. The van der Waals surface area contributed by atoms with Crippen molar-refractivity contribution in [2.75, 3.05) is 31.8 Å². The van der Waals surface area contributed by atoms with E-state index in [-0.39, 0.29) is 5.97 Å². The Morgan fingerprint density at radius 2 is 2.33 bits per heavy atom. The summed E-state index contributed by atoms with van der Waals surface area (Å²) in [6, 6.07) is 1.60. The van der Waals surface area contributed by atoms with Gasteiger partial charge in [-0.3, -0.25) is 0 Å². The van der Waals surface area contributed by atoms with E-state index in [0.717, 1.165) is 12.2 Å². The van der Waals surface area contributed by atoms with Crippen molar-refractivity contribution in [1.29, 1.82) is 0 Å². The highest BCUT2D eigenvalue weighted by Crippen LogP contribution is 2.23. The Balaban J connectivity index is 2.73. The molecule has 0 radical (unpaired) electrons. The van der Waals surface area contributed by atoms with E-state index in [1.165, 1.54) is 11.8 Å². The third-order valence-corrected chi connectivity index (χ3v) is 3.19. The van der Waals surface area contributed by atoms with Crippen LogP contribution in [0.15, 0.2) is 17.3 Å². The normalized spacial score (nSPS) is 10.3. The lowest BCUT2D eigenvalue weighted by atomic mass is 10.3. The number of carbonyl (C=O) groups is 1. The van der Waals surface area contributed by atoms with Gasteiger partial charge in [-0.2, -0.15) is 0 Å². The molecule has 0 unspecified atom stereocenters. The molecule has 2 N–H and O–H groups in total. The number of aromatic nitrogens is 1. The lowest BCUT2D eigenvalue weighted by Gasteiger charge is -2.08. The van der Waals surface area contributed by atoms with E-state index < -0.39 is 0 Å². The van der Waals surface area contributed by atoms with Crippen molar-refractivity contribution >= 4 is 23.4 Å². The maximum absolute atomic E-state index is 11.8. The summed E-state index contributed by atoms with van der Waals surface area (Å²) in [5.41, 5.74) is 6.53. The number of rotatable bonds is 7. The van der Waals surface area contributed by atoms with Crippen LogP contribution in [-0.2, 0) is 9.47 Å². The Labute approximate surface area is 111 Å². The molecule has 0 aromatic carbocycles. The summed E-state index contributed by atoms with van der Waals surface area (Å²) in [4.78, 5) is 15.9. The van der Waals surface area contributed by atoms with Gasteiger partial charge in [-0.05, 0) is 19.4 Å². The number of hydrogen-bond acceptors (Lipinski definition) is 6. The summed E-state index contributed by atoms with van der Waals surface area (Å²) in [5, 5.41) is 0.652. The van der Waals surface area contributed by atoms with Gasteiger partial charge in [-0.1, -0.05) is 0 Å². The summed E-state index contributed by atoms with van der Waals surface area (Å²) in [5.74, 6) is 0.448. The molecule has 6 heteroatoms. The monoisotopic (exact) mass is 270 g/mol. The minimum absolute atomic E-state index is 0.335. The molecule has 1 aromatic rings. The molecule has 0 atom stereocenters. The van der Waals surface area contributed by atoms with Gasteiger partial charge in [0.2, 0.25) is 0 Å². The van der Waals surface area contributed by atoms with Gasteiger partial charge in [0.15, 0.2) is 0 Å². The molecule has 0 saturated carbocycles. The molecule has 18 heavy (non-hydrogen) atoms. The Bertz CT molecular complexity index is 399. The van der Waals surface area contributed by atoms with E-state index in [9.17, 15) is 4.79 Å². The van der Waals surface area contributed by atoms with Crippen LogP contribution in [0.25, 0.3) is 0 Å². The quantitative estimate of drug-likeness (QED) is 0.464. The lowest BCUT2D eigenvalue weighted by molar-refractivity contribution is 0.0521. The van der Waals surface area contributed by atoms with Gasteiger partial charge in [0.05, 0.1) is 24.1 Å². The number of nitrogen functional groups attached to an aromatic ring is 1. The first-order chi connectivity index (χ1) is 8.69. The Kier molecular flexibility index (Phi) is 6.53. The molecule has 0 bridgehead atoms. The number of thioether (sulfide) groups is 1. The second-order valence-electron chi connectivity index (χ2n) is 3.54. The van der Waals surface area contributed by atoms with Crippen LogP contribution in [-0.4, -0.2) is 37.0 Å². The zero-order valence-corrected chi connectivity index (χ0v) is 11.5. The third kappa shape index (κ3) is 4.54. The molecule has 1 aromatic heterocycles. The van der Waals surface area contributed by atoms with Gasteiger partial charge in [0.25, 0.3) is 0 Å². The van der Waals surface area contributed by atoms with Crippen LogP contribution in [0.3, 0.4) is 0 Å². The van der Waals surface area contributed by atoms with Crippen molar-refractivity contribution in [3.8, 4) is 0 Å². The standard InChI is InChI=1S/C12H18N2O3S/c1-3-17-12(15)10-7-9(13)8-14-11(10)18-6-4-5-16-2/h7-8H,3-6,13H2,1-2H3. The molecule has 1 heterocycles. The van der Waals surface area contributed by atoms with Crippen molar-refractivity contribution in [3.05, 3.63) is 17.8 Å². The highest BCUT2D eigenvalue weighted by atomic mass is 32.2. The first-order valence-corrected chi connectivity index (χ1v) is 6.72. The fourth-order valence-corrected chi connectivity index (χ4v) is 2.19. The number of esters is 1. The zero-order valence-electron chi connectivity index (χ0n) is 10.6. The van der Waals surface area contributed by atoms with Crippen LogP contribution in [0.4, 0.5) is 5.69 Å². The summed E-state index contributed by atoms with van der Waals surface area (Å²) in [6.45, 7) is 2.79. The van der Waals surface area contributed by atoms with Crippen molar-refractivity contribution in [3.63, 3.8) is 0 Å². The minimum Gasteiger partial charge on any atom is -0.462 e. The first kappa shape index (κ1) is 14.8. The number of carbonyl (C=O) groups excluding carboxylic acids is 1. The predicted molar refractivity (Wildman–Crippen MR) is 71.8 cm³/mol. The number of pyridine rings is 1. The van der Waals surface area contributed by atoms with Crippen LogP contribution < -0.4 is 5.73 Å². The van der Waals surface area contributed by atoms with Gasteiger partial charge in [0.1, 0.15) is 5.03 Å². The predicted octanol–water partition coefficient (Wildman–Crippen LogP) is 1.97. The molecule has 0 spiro atoms. The Morgan fingerprint density at radius 3 is 3.00 bits per heavy atom. The SMILES string of the molecule is CCOC(=O)c1cc(N)cnc1SCCCOC. The number of methoxy groups -OCH3 is 1. The third-order valence-electron chi connectivity index (χ3n) is 2.10. The second kappa shape index (κ2) is 7.94. The molecule has 0 aliphatic carbocycles. The number of nitrogens with two attached hydrogens (primary N) is 1. The van der Waals surface area contributed by atoms with Gasteiger partial charge in [0, 0.05) is 19.5 Å². The van der Waals surface area contributed by atoms with Crippen molar-refractivity contribution in [2.45, 2.75) is 18.4 Å². The van der Waals surface area contributed by atoms with Gasteiger partial charge in [-0.15, -0.1) is 11.8 Å². The topological polar surface area (TPSA) is 74.4 Å². The summed E-state index contributed by atoms with van der Waals surface area (Å²) in [6.07, 6.45) is 2.44. The number of nitrogens with zero attached hydrogens (tertiary/aromatic N) is 1. The highest BCUT2D eigenvalue weighted by Gasteiger charge is 2.14. The number of hydrogen-bond donors (Lipinski definition) is 1. The lowest BCUT2D eigenvalue weighted by Crippen LogP contribution is -2.08. The molecule has 0 amide bonds. The Morgan fingerprint density at radius 1 is 1.56 bits per heavy atom. The molecule has 0 aliphatic heterocycles. The van der Waals surface area contributed by atoms with E-state index in [1.807, 2.05) is 0 Å². The first-order valence-electron chi connectivity index (χ1n) is 5.73. The molecule has 0 fully saturated rings. The van der Waals surface area contributed by atoms with E-state index in [2.05, 4.69) is 4.98 Å². The van der Waals surface area contributed by atoms with Gasteiger partial charge >= 0.3 is 5.97 Å². The number of ether oxygens (including phenoxy) is 2. The van der Waals surface area contributed by atoms with Crippen molar-refractivity contribution in [1.82, 2.24) is 4.98 Å². The van der Waals surface area contributed by atoms with Gasteiger partial charge in [-0.25, -0.2) is 9.78 Å². The molecule has 1 rings (SSSR count). The highest BCUT2D eigenvalue weighted by molar-refractivity contribution is 7.99. The molecular formula is C12H18N2O3S. The van der Waals surface area contributed by atoms with Crippen LogP contribution in [0.5, 0.6) is 0 Å². The average Bonchev–Trinajstić information content (AvgIpc) is 2.36. The summed E-state index contributed by atoms with van der Waals surface area (Å²) >= 11 is 1.50. The zero-order chi connectivity index (χ0) is 13.4.